The van der Waals surface area contributed by atoms with Crippen molar-refractivity contribution in [2.75, 3.05) is 5.75 Å². The third-order valence-corrected chi connectivity index (χ3v) is 6.73. The summed E-state index contributed by atoms with van der Waals surface area (Å²) in [5.74, 6) is 0.330. The number of fused-ring (bicyclic) bond motifs is 1. The summed E-state index contributed by atoms with van der Waals surface area (Å²) in [6.45, 7) is 0. The van der Waals surface area contributed by atoms with Gasteiger partial charge in [0, 0.05) is 17.9 Å². The molecule has 12 heteroatoms. The highest BCUT2D eigenvalue weighted by Crippen LogP contribution is 2.33. The second-order valence-corrected chi connectivity index (χ2v) is 8.99. The van der Waals surface area contributed by atoms with Crippen LogP contribution in [0.2, 0.25) is 0 Å². The third-order valence-electron chi connectivity index (χ3n) is 4.62. The van der Waals surface area contributed by atoms with Gasteiger partial charge in [0.15, 0.2) is 5.16 Å². The van der Waals surface area contributed by atoms with E-state index in [1.165, 1.54) is 40.6 Å². The number of thioether (sulfide) groups is 2. The molecule has 0 N–H and O–H groups in total. The maximum atomic E-state index is 13.1. The molecule has 2 heterocycles. The van der Waals surface area contributed by atoms with Gasteiger partial charge < -0.3 is 4.74 Å². The van der Waals surface area contributed by atoms with Gasteiger partial charge in [-0.05, 0) is 35.9 Å². The SMILES string of the molecule is O=c1c2c(nc(SCc3cccc(C(F)(F)F)c3)n1-c1ccc(OC(F)(F)F)cc1)CCS2. The molecule has 0 atom stereocenters. The molecule has 1 aromatic heterocycles. The molecule has 0 saturated heterocycles. The van der Waals surface area contributed by atoms with Crippen LogP contribution in [0.5, 0.6) is 5.75 Å². The van der Waals surface area contributed by atoms with Crippen LogP contribution in [-0.4, -0.2) is 21.7 Å². The van der Waals surface area contributed by atoms with Crippen LogP contribution in [0.15, 0.2) is 63.4 Å². The van der Waals surface area contributed by atoms with E-state index >= 15 is 0 Å². The highest BCUT2D eigenvalue weighted by atomic mass is 32.2. The van der Waals surface area contributed by atoms with Crippen molar-refractivity contribution in [2.24, 2.45) is 0 Å². The summed E-state index contributed by atoms with van der Waals surface area (Å²) in [5, 5.41) is 0.239. The number of aromatic nitrogens is 2. The Kier molecular flexibility index (Phi) is 6.41. The Bertz CT molecular complexity index is 1220. The molecule has 4 rings (SSSR count). The van der Waals surface area contributed by atoms with E-state index in [9.17, 15) is 31.1 Å². The first kappa shape index (κ1) is 23.6. The summed E-state index contributed by atoms with van der Waals surface area (Å²) in [6.07, 6.45) is -8.76. The van der Waals surface area contributed by atoms with Crippen molar-refractivity contribution >= 4 is 23.5 Å². The van der Waals surface area contributed by atoms with E-state index in [1.807, 2.05) is 0 Å². The Morgan fingerprint density at radius 2 is 1.79 bits per heavy atom. The lowest BCUT2D eigenvalue weighted by Crippen LogP contribution is -2.24. The van der Waals surface area contributed by atoms with Crippen LogP contribution in [0.3, 0.4) is 0 Å². The van der Waals surface area contributed by atoms with Gasteiger partial charge in [-0.1, -0.05) is 30.0 Å². The molecule has 174 valence electrons. The van der Waals surface area contributed by atoms with Gasteiger partial charge in [-0.3, -0.25) is 9.36 Å². The molecule has 0 bridgehead atoms. The molecule has 4 nitrogen and oxygen atoms in total. The molecular weight excluding hydrogens is 490 g/mol. The van der Waals surface area contributed by atoms with Crippen molar-refractivity contribution in [1.29, 1.82) is 0 Å². The number of ether oxygens (including phenoxy) is 1. The summed E-state index contributed by atoms with van der Waals surface area (Å²) < 4.78 is 81.5. The second-order valence-electron chi connectivity index (χ2n) is 6.94. The number of alkyl halides is 6. The molecule has 0 saturated carbocycles. The number of rotatable bonds is 5. The first-order chi connectivity index (χ1) is 15.5. The minimum atomic E-state index is -4.85. The Hall–Kier alpha value is -2.60. The summed E-state index contributed by atoms with van der Waals surface area (Å²) in [4.78, 5) is 18.1. The zero-order chi connectivity index (χ0) is 23.8. The molecule has 0 unspecified atom stereocenters. The molecule has 0 fully saturated rings. The Balaban J connectivity index is 1.68. The van der Waals surface area contributed by atoms with Crippen LogP contribution in [0, 0.1) is 0 Å². The van der Waals surface area contributed by atoms with Gasteiger partial charge in [0.05, 0.1) is 21.8 Å². The molecule has 0 amide bonds. The van der Waals surface area contributed by atoms with Crippen LogP contribution in [0.1, 0.15) is 16.8 Å². The van der Waals surface area contributed by atoms with E-state index in [1.54, 1.807) is 0 Å². The molecule has 33 heavy (non-hydrogen) atoms. The third kappa shape index (κ3) is 5.49. The average molecular weight is 504 g/mol. The van der Waals surface area contributed by atoms with Crippen LogP contribution in [0.25, 0.3) is 5.69 Å². The number of nitrogens with zero attached hydrogens (tertiary/aromatic N) is 2. The minimum absolute atomic E-state index is 0.109. The molecule has 2 aromatic carbocycles. The van der Waals surface area contributed by atoms with Crippen molar-refractivity contribution in [3.63, 3.8) is 0 Å². The predicted molar refractivity (Wildman–Crippen MR) is 112 cm³/mol. The molecule has 3 aromatic rings. The van der Waals surface area contributed by atoms with Crippen molar-refractivity contribution < 1.29 is 31.1 Å². The Morgan fingerprint density at radius 3 is 2.45 bits per heavy atom. The van der Waals surface area contributed by atoms with Gasteiger partial charge in [0.2, 0.25) is 0 Å². The molecule has 1 aliphatic rings. The maximum Gasteiger partial charge on any atom is 0.573 e. The van der Waals surface area contributed by atoms with E-state index < -0.39 is 23.9 Å². The van der Waals surface area contributed by atoms with Gasteiger partial charge in [-0.2, -0.15) is 13.2 Å². The Labute approximate surface area is 192 Å². The van der Waals surface area contributed by atoms with E-state index in [0.717, 1.165) is 36.0 Å². The molecule has 1 aliphatic heterocycles. The van der Waals surface area contributed by atoms with Crippen molar-refractivity contribution in [2.45, 2.75) is 34.8 Å². The van der Waals surface area contributed by atoms with Crippen molar-refractivity contribution in [3.8, 4) is 11.4 Å². The van der Waals surface area contributed by atoms with Crippen molar-refractivity contribution in [1.82, 2.24) is 9.55 Å². The smallest absolute Gasteiger partial charge is 0.406 e. The van der Waals surface area contributed by atoms with Gasteiger partial charge in [-0.15, -0.1) is 24.9 Å². The molecule has 0 spiro atoms. The number of halogens is 6. The molecular formula is C21H14F6N2O2S2. The van der Waals surface area contributed by atoms with Crippen LogP contribution < -0.4 is 10.3 Å². The normalized spacial score (nSPS) is 13.8. The molecule has 0 radical (unpaired) electrons. The van der Waals surface area contributed by atoms with E-state index in [-0.39, 0.29) is 22.2 Å². The van der Waals surface area contributed by atoms with E-state index in [4.69, 9.17) is 0 Å². The summed E-state index contributed by atoms with van der Waals surface area (Å²) in [6, 6.07) is 9.60. The number of hydrogen-bond acceptors (Lipinski definition) is 5. The number of benzene rings is 2. The van der Waals surface area contributed by atoms with E-state index in [2.05, 4.69) is 9.72 Å². The minimum Gasteiger partial charge on any atom is -0.406 e. The van der Waals surface area contributed by atoms with Crippen molar-refractivity contribution in [3.05, 3.63) is 75.7 Å². The monoisotopic (exact) mass is 504 g/mol. The fraction of sp³-hybridized carbons (Fsp3) is 0.238. The number of aryl methyl sites for hydroxylation is 1. The second kappa shape index (κ2) is 8.98. The molecule has 0 aliphatic carbocycles. The lowest BCUT2D eigenvalue weighted by Gasteiger charge is -2.15. The summed E-state index contributed by atoms with van der Waals surface area (Å²) in [5.41, 5.74) is 0.100. The zero-order valence-corrected chi connectivity index (χ0v) is 18.2. The van der Waals surface area contributed by atoms with Gasteiger partial charge in [-0.25, -0.2) is 4.98 Å². The number of hydrogen-bond donors (Lipinski definition) is 0. The van der Waals surface area contributed by atoms with Crippen LogP contribution in [-0.2, 0) is 18.3 Å². The lowest BCUT2D eigenvalue weighted by molar-refractivity contribution is -0.274. The highest BCUT2D eigenvalue weighted by molar-refractivity contribution is 7.99. The largest absolute Gasteiger partial charge is 0.573 e. The Morgan fingerprint density at radius 1 is 1.06 bits per heavy atom. The quantitative estimate of drug-likeness (QED) is 0.239. The first-order valence-electron chi connectivity index (χ1n) is 9.45. The fourth-order valence-corrected chi connectivity index (χ4v) is 5.20. The summed E-state index contributed by atoms with van der Waals surface area (Å²) >= 11 is 2.41. The maximum absolute atomic E-state index is 13.1. The predicted octanol–water partition coefficient (Wildman–Crippen LogP) is 6.09. The zero-order valence-electron chi connectivity index (χ0n) is 16.5. The van der Waals surface area contributed by atoms with Gasteiger partial charge >= 0.3 is 12.5 Å². The van der Waals surface area contributed by atoms with Gasteiger partial charge in [0.25, 0.3) is 5.56 Å². The van der Waals surface area contributed by atoms with Crippen LogP contribution in [0.4, 0.5) is 26.3 Å². The first-order valence-corrected chi connectivity index (χ1v) is 11.4. The average Bonchev–Trinajstić information content (AvgIpc) is 3.21. The lowest BCUT2D eigenvalue weighted by atomic mass is 10.1. The summed E-state index contributed by atoms with van der Waals surface area (Å²) in [7, 11) is 0. The van der Waals surface area contributed by atoms with E-state index in [0.29, 0.717) is 28.3 Å². The standard InChI is InChI=1S/C21H14F6N2O2S2/c22-20(23,24)13-3-1-2-12(10-13)11-33-19-28-16-8-9-32-17(16)18(30)29(19)14-4-6-15(7-5-14)31-21(25,26)27/h1-7,10H,8-9,11H2. The topological polar surface area (TPSA) is 44.1 Å². The fourth-order valence-electron chi connectivity index (χ4n) is 3.20. The van der Waals surface area contributed by atoms with Gasteiger partial charge in [0.1, 0.15) is 5.75 Å². The van der Waals surface area contributed by atoms with Crippen LogP contribution >= 0.6 is 23.5 Å². The highest BCUT2D eigenvalue weighted by Gasteiger charge is 2.32.